The summed E-state index contributed by atoms with van der Waals surface area (Å²) >= 11 is 0. The highest BCUT2D eigenvalue weighted by atomic mass is 16.5. The topological polar surface area (TPSA) is 68.9 Å². The van der Waals surface area contributed by atoms with E-state index in [-0.39, 0.29) is 13.2 Å². The molecule has 1 aromatic heterocycles. The number of fused-ring (bicyclic) bond motifs is 1. The number of benzene rings is 1. The molecule has 0 amide bonds. The second-order valence-corrected chi connectivity index (χ2v) is 3.87. The van der Waals surface area contributed by atoms with E-state index in [1.165, 1.54) is 13.2 Å². The number of methoxy groups -OCH3 is 1. The molecule has 0 bridgehead atoms. The maximum atomic E-state index is 11.1. The molecule has 2 rings (SSSR count). The van der Waals surface area contributed by atoms with Crippen LogP contribution in [0.3, 0.4) is 0 Å². The third-order valence-electron chi connectivity index (χ3n) is 2.40. The molecule has 0 saturated heterocycles. The fraction of sp³-hybridized carbons (Fsp3) is 0.308. The first-order valence-corrected chi connectivity index (χ1v) is 5.53. The zero-order chi connectivity index (χ0) is 13.0. The van der Waals surface area contributed by atoms with Gasteiger partial charge in [-0.05, 0) is 18.2 Å². The van der Waals surface area contributed by atoms with Gasteiger partial charge < -0.3 is 19.0 Å². The molecule has 5 heteroatoms. The summed E-state index contributed by atoms with van der Waals surface area (Å²) in [5.74, 6) is 0.534. The molecule has 0 saturated carbocycles. The molecule has 0 fully saturated rings. The van der Waals surface area contributed by atoms with E-state index in [4.69, 9.17) is 13.9 Å². The molecule has 96 valence electrons. The van der Waals surface area contributed by atoms with Crippen molar-refractivity contribution < 1.29 is 19.0 Å². The fourth-order valence-corrected chi connectivity index (χ4v) is 1.56. The van der Waals surface area contributed by atoms with Crippen LogP contribution in [0.4, 0.5) is 0 Å². The van der Waals surface area contributed by atoms with Crippen molar-refractivity contribution in [2.45, 2.75) is 6.10 Å². The van der Waals surface area contributed by atoms with Gasteiger partial charge in [-0.15, -0.1) is 0 Å². The summed E-state index contributed by atoms with van der Waals surface area (Å²) < 4.78 is 15.2. The predicted molar refractivity (Wildman–Crippen MR) is 65.9 cm³/mol. The quantitative estimate of drug-likeness (QED) is 0.807. The van der Waals surface area contributed by atoms with Crippen LogP contribution in [0.25, 0.3) is 11.0 Å². The standard InChI is InChI=1S/C13H14O5/c1-16-7-10(14)8-17-11-4-2-9-3-5-13(15)18-12(9)6-11/h2-6,10,14H,7-8H2,1H3. The van der Waals surface area contributed by atoms with Gasteiger partial charge in [-0.2, -0.15) is 0 Å². The third-order valence-corrected chi connectivity index (χ3v) is 2.40. The first-order chi connectivity index (χ1) is 8.69. The van der Waals surface area contributed by atoms with Crippen LogP contribution in [-0.2, 0) is 4.74 Å². The number of rotatable bonds is 5. The zero-order valence-electron chi connectivity index (χ0n) is 9.96. The van der Waals surface area contributed by atoms with Crippen molar-refractivity contribution in [3.8, 4) is 5.75 Å². The van der Waals surface area contributed by atoms with E-state index in [1.807, 2.05) is 0 Å². The summed E-state index contributed by atoms with van der Waals surface area (Å²) in [6.45, 7) is 0.332. The molecule has 0 aliphatic carbocycles. The van der Waals surface area contributed by atoms with E-state index in [1.54, 1.807) is 24.3 Å². The average molecular weight is 250 g/mol. The number of aliphatic hydroxyl groups is 1. The Labute approximate surface area is 104 Å². The van der Waals surface area contributed by atoms with Gasteiger partial charge in [-0.1, -0.05) is 0 Å². The van der Waals surface area contributed by atoms with Crippen molar-refractivity contribution >= 4 is 11.0 Å². The van der Waals surface area contributed by atoms with Crippen LogP contribution in [-0.4, -0.2) is 31.5 Å². The Morgan fingerprint density at radius 1 is 1.28 bits per heavy atom. The molecule has 1 unspecified atom stereocenters. The molecule has 0 aliphatic heterocycles. The predicted octanol–water partition coefficient (Wildman–Crippen LogP) is 1.18. The largest absolute Gasteiger partial charge is 0.491 e. The second kappa shape index (κ2) is 5.66. The summed E-state index contributed by atoms with van der Waals surface area (Å²) in [5.41, 5.74) is 0.0558. The summed E-state index contributed by atoms with van der Waals surface area (Å²) in [7, 11) is 1.51. The minimum atomic E-state index is -0.687. The maximum Gasteiger partial charge on any atom is 0.336 e. The zero-order valence-corrected chi connectivity index (χ0v) is 9.96. The van der Waals surface area contributed by atoms with E-state index in [2.05, 4.69) is 0 Å². The van der Waals surface area contributed by atoms with E-state index in [0.717, 1.165) is 5.39 Å². The van der Waals surface area contributed by atoms with Crippen molar-refractivity contribution in [1.82, 2.24) is 0 Å². The molecule has 0 spiro atoms. The highest BCUT2D eigenvalue weighted by Gasteiger charge is 2.05. The van der Waals surface area contributed by atoms with Gasteiger partial charge in [0, 0.05) is 24.6 Å². The molecule has 0 aliphatic rings. The molecule has 1 N–H and O–H groups in total. The van der Waals surface area contributed by atoms with Crippen molar-refractivity contribution in [2.75, 3.05) is 20.3 Å². The molecule has 2 aromatic rings. The molecule has 5 nitrogen and oxygen atoms in total. The maximum absolute atomic E-state index is 11.1. The normalized spacial score (nSPS) is 12.6. The highest BCUT2D eigenvalue weighted by Crippen LogP contribution is 2.19. The lowest BCUT2D eigenvalue weighted by atomic mass is 10.2. The summed E-state index contributed by atoms with van der Waals surface area (Å²) in [6, 6.07) is 8.21. The van der Waals surface area contributed by atoms with Crippen LogP contribution in [0.1, 0.15) is 0 Å². The smallest absolute Gasteiger partial charge is 0.336 e. The van der Waals surface area contributed by atoms with Crippen LogP contribution in [0.5, 0.6) is 5.75 Å². The number of ether oxygens (including phenoxy) is 2. The lowest BCUT2D eigenvalue weighted by Crippen LogP contribution is -2.22. The Hall–Kier alpha value is -1.85. The van der Waals surface area contributed by atoms with Gasteiger partial charge in [-0.3, -0.25) is 0 Å². The Morgan fingerprint density at radius 2 is 2.06 bits per heavy atom. The minimum Gasteiger partial charge on any atom is -0.491 e. The summed E-state index contributed by atoms with van der Waals surface area (Å²) in [6.07, 6.45) is -0.687. The van der Waals surface area contributed by atoms with Gasteiger partial charge in [0.2, 0.25) is 0 Å². The van der Waals surface area contributed by atoms with Crippen molar-refractivity contribution in [2.24, 2.45) is 0 Å². The molecule has 1 aromatic carbocycles. The van der Waals surface area contributed by atoms with Crippen molar-refractivity contribution in [1.29, 1.82) is 0 Å². The fourth-order valence-electron chi connectivity index (χ4n) is 1.56. The van der Waals surface area contributed by atoms with Crippen LogP contribution in [0.15, 0.2) is 39.5 Å². The molecule has 0 radical (unpaired) electrons. The van der Waals surface area contributed by atoms with E-state index >= 15 is 0 Å². The average Bonchev–Trinajstić information content (AvgIpc) is 2.36. The first-order valence-electron chi connectivity index (χ1n) is 5.53. The highest BCUT2D eigenvalue weighted by molar-refractivity contribution is 5.77. The van der Waals surface area contributed by atoms with Gasteiger partial charge in [0.05, 0.1) is 6.61 Å². The van der Waals surface area contributed by atoms with E-state index in [9.17, 15) is 9.90 Å². The minimum absolute atomic E-state index is 0.121. The Balaban J connectivity index is 2.12. The van der Waals surface area contributed by atoms with E-state index in [0.29, 0.717) is 11.3 Å². The SMILES string of the molecule is COCC(O)COc1ccc2ccc(=O)oc2c1. The van der Waals surface area contributed by atoms with E-state index < -0.39 is 11.7 Å². The van der Waals surface area contributed by atoms with Gasteiger partial charge in [0.25, 0.3) is 0 Å². The number of hydrogen-bond donors (Lipinski definition) is 1. The molecule has 1 heterocycles. The summed E-state index contributed by atoms with van der Waals surface area (Å²) in [4.78, 5) is 11.1. The number of hydrogen-bond acceptors (Lipinski definition) is 5. The molecule has 18 heavy (non-hydrogen) atoms. The second-order valence-electron chi connectivity index (χ2n) is 3.87. The summed E-state index contributed by atoms with van der Waals surface area (Å²) in [5, 5.41) is 10.3. The third kappa shape index (κ3) is 3.09. The van der Waals surface area contributed by atoms with Gasteiger partial charge in [0.15, 0.2) is 0 Å². The Morgan fingerprint density at radius 3 is 2.83 bits per heavy atom. The van der Waals surface area contributed by atoms with Crippen LogP contribution in [0.2, 0.25) is 0 Å². The van der Waals surface area contributed by atoms with Gasteiger partial charge in [0.1, 0.15) is 24.0 Å². The Bertz CT molecular complexity index is 575. The van der Waals surface area contributed by atoms with Crippen molar-refractivity contribution in [3.63, 3.8) is 0 Å². The first kappa shape index (κ1) is 12.6. The van der Waals surface area contributed by atoms with Crippen LogP contribution >= 0.6 is 0 Å². The molecular weight excluding hydrogens is 236 g/mol. The number of aliphatic hydroxyl groups excluding tert-OH is 1. The molecule has 1 atom stereocenters. The van der Waals surface area contributed by atoms with Crippen molar-refractivity contribution in [3.05, 3.63) is 40.8 Å². The molecular formula is C13H14O5. The van der Waals surface area contributed by atoms with Crippen LogP contribution in [0, 0.1) is 0 Å². The lowest BCUT2D eigenvalue weighted by molar-refractivity contribution is 0.0325. The van der Waals surface area contributed by atoms with Gasteiger partial charge >= 0.3 is 5.63 Å². The monoisotopic (exact) mass is 250 g/mol. The van der Waals surface area contributed by atoms with Gasteiger partial charge in [-0.25, -0.2) is 4.79 Å². The Kier molecular flexibility index (Phi) is 3.96. The van der Waals surface area contributed by atoms with Crippen LogP contribution < -0.4 is 10.4 Å². The lowest BCUT2D eigenvalue weighted by Gasteiger charge is -2.11.